The molecule has 1 aromatic carbocycles. The Labute approximate surface area is 126 Å². The van der Waals surface area contributed by atoms with Gasteiger partial charge in [0, 0.05) is 14.2 Å². The van der Waals surface area contributed by atoms with Crippen LogP contribution >= 0.6 is 0 Å². The summed E-state index contributed by atoms with van der Waals surface area (Å²) in [6.45, 7) is 2.87. The summed E-state index contributed by atoms with van der Waals surface area (Å²) in [5.41, 5.74) is 7.60. The number of rotatable bonds is 8. The van der Waals surface area contributed by atoms with E-state index in [2.05, 4.69) is 11.9 Å². The van der Waals surface area contributed by atoms with E-state index in [9.17, 15) is 0 Å². The summed E-state index contributed by atoms with van der Waals surface area (Å²) in [5, 5.41) is 0. The summed E-state index contributed by atoms with van der Waals surface area (Å²) in [7, 11) is 3.10. The molecule has 2 N–H and O–H groups in total. The lowest BCUT2D eigenvalue weighted by atomic mass is 10.1. The Morgan fingerprint density at radius 3 is 2.57 bits per heavy atom. The van der Waals surface area contributed by atoms with Crippen LogP contribution in [0.25, 0.3) is 0 Å². The molecule has 116 valence electrons. The van der Waals surface area contributed by atoms with Crippen LogP contribution in [0.5, 0.6) is 5.75 Å². The van der Waals surface area contributed by atoms with Gasteiger partial charge in [0.2, 0.25) is 0 Å². The van der Waals surface area contributed by atoms with Crippen LogP contribution in [0.4, 0.5) is 0 Å². The van der Waals surface area contributed by atoms with Gasteiger partial charge < -0.3 is 19.9 Å². The average molecular weight is 292 g/mol. The Balaban J connectivity index is 2.16. The van der Waals surface area contributed by atoms with E-state index in [0.29, 0.717) is 12.4 Å². The molecule has 2 rings (SSSR count). The summed E-state index contributed by atoms with van der Waals surface area (Å²) in [6, 6.07) is 5.71. The first-order chi connectivity index (χ1) is 10.2. The number of hydrogen-bond donors (Lipinski definition) is 1. The van der Waals surface area contributed by atoms with Crippen molar-refractivity contribution in [2.24, 2.45) is 10.7 Å². The summed E-state index contributed by atoms with van der Waals surface area (Å²) in [4.78, 5) is 4.31. The van der Waals surface area contributed by atoms with Crippen molar-refractivity contribution in [1.29, 1.82) is 0 Å². The average Bonchev–Trinajstić information content (AvgIpc) is 2.81. The Kier molecular flexibility index (Phi) is 5.20. The molecular weight excluding hydrogens is 268 g/mol. The number of unbranched alkanes of at least 4 members (excludes halogenated alkanes) is 3. The van der Waals surface area contributed by atoms with E-state index in [-0.39, 0.29) is 0 Å². The molecular formula is C16H24N2O3. The van der Waals surface area contributed by atoms with Crippen molar-refractivity contribution >= 4 is 5.84 Å². The first-order valence-electron chi connectivity index (χ1n) is 7.40. The fourth-order valence-corrected chi connectivity index (χ4v) is 2.56. The minimum atomic E-state index is -1.15. The molecule has 5 heteroatoms. The quantitative estimate of drug-likeness (QED) is 0.591. The van der Waals surface area contributed by atoms with Gasteiger partial charge in [-0.2, -0.15) is 0 Å². The number of nitrogens with two attached hydrogens (primary N) is 1. The van der Waals surface area contributed by atoms with E-state index in [1.54, 1.807) is 14.2 Å². The van der Waals surface area contributed by atoms with Crippen LogP contribution in [0, 0.1) is 0 Å². The predicted molar refractivity (Wildman–Crippen MR) is 82.5 cm³/mol. The maximum Gasteiger partial charge on any atom is 0.300 e. The van der Waals surface area contributed by atoms with Crippen LogP contribution < -0.4 is 10.5 Å². The van der Waals surface area contributed by atoms with E-state index < -0.39 is 5.91 Å². The van der Waals surface area contributed by atoms with Crippen molar-refractivity contribution in [3.63, 3.8) is 0 Å². The molecule has 0 aliphatic carbocycles. The summed E-state index contributed by atoms with van der Waals surface area (Å²) >= 11 is 0. The minimum absolute atomic E-state index is 0.387. The molecule has 0 amide bonds. The Morgan fingerprint density at radius 2 is 1.90 bits per heavy atom. The van der Waals surface area contributed by atoms with E-state index in [1.165, 1.54) is 19.3 Å². The highest BCUT2D eigenvalue weighted by molar-refractivity contribution is 6.04. The van der Waals surface area contributed by atoms with Gasteiger partial charge in [-0.1, -0.05) is 38.3 Å². The largest absolute Gasteiger partial charge is 0.493 e. The van der Waals surface area contributed by atoms with E-state index >= 15 is 0 Å². The zero-order valence-corrected chi connectivity index (χ0v) is 13.0. The van der Waals surface area contributed by atoms with Gasteiger partial charge in [0.05, 0.1) is 17.7 Å². The monoisotopic (exact) mass is 292 g/mol. The molecule has 1 aliphatic rings. The zero-order chi connectivity index (χ0) is 15.3. The highest BCUT2D eigenvalue weighted by atomic mass is 16.7. The van der Waals surface area contributed by atoms with Crippen molar-refractivity contribution in [1.82, 2.24) is 0 Å². The number of aliphatic imine (C=N–C) groups is 1. The topological polar surface area (TPSA) is 66.1 Å². The number of ether oxygens (including phenoxy) is 3. The zero-order valence-electron chi connectivity index (χ0n) is 13.0. The molecule has 0 spiro atoms. The third kappa shape index (κ3) is 3.04. The van der Waals surface area contributed by atoms with E-state index in [0.717, 1.165) is 23.3 Å². The number of nitrogens with zero attached hydrogens (tertiary/aromatic N) is 1. The van der Waals surface area contributed by atoms with Crippen molar-refractivity contribution < 1.29 is 14.2 Å². The Morgan fingerprint density at radius 1 is 1.14 bits per heavy atom. The Hall–Kier alpha value is -1.59. The van der Waals surface area contributed by atoms with Gasteiger partial charge in [-0.3, -0.25) is 0 Å². The van der Waals surface area contributed by atoms with Crippen molar-refractivity contribution in [3.8, 4) is 5.75 Å². The first-order valence-corrected chi connectivity index (χ1v) is 7.40. The number of hydrogen-bond acceptors (Lipinski definition) is 5. The fraction of sp³-hybridized carbons (Fsp3) is 0.562. The second-order valence-electron chi connectivity index (χ2n) is 5.07. The third-order valence-electron chi connectivity index (χ3n) is 3.70. The van der Waals surface area contributed by atoms with Crippen LogP contribution in [0.1, 0.15) is 43.7 Å². The summed E-state index contributed by atoms with van der Waals surface area (Å²) in [5.74, 6) is -0.0276. The van der Waals surface area contributed by atoms with Crippen molar-refractivity contribution in [2.45, 2.75) is 38.5 Å². The van der Waals surface area contributed by atoms with Crippen molar-refractivity contribution in [2.75, 3.05) is 20.8 Å². The molecule has 0 bridgehead atoms. The van der Waals surface area contributed by atoms with Gasteiger partial charge in [-0.15, -0.1) is 0 Å². The van der Waals surface area contributed by atoms with E-state index in [1.807, 2.05) is 18.2 Å². The molecule has 21 heavy (non-hydrogen) atoms. The van der Waals surface area contributed by atoms with Crippen molar-refractivity contribution in [3.05, 3.63) is 29.3 Å². The molecule has 0 fully saturated rings. The van der Waals surface area contributed by atoms with Crippen LogP contribution in [-0.2, 0) is 15.4 Å². The second-order valence-corrected chi connectivity index (χ2v) is 5.07. The SMILES string of the molecule is CCCCCCOc1cccc2c1C(N)=NC2(OC)OC. The molecule has 0 aromatic heterocycles. The maximum atomic E-state index is 6.04. The maximum absolute atomic E-state index is 6.04. The fourth-order valence-electron chi connectivity index (χ4n) is 2.56. The molecule has 0 radical (unpaired) electrons. The molecule has 5 nitrogen and oxygen atoms in total. The Bertz CT molecular complexity index is 510. The highest BCUT2D eigenvalue weighted by Gasteiger charge is 2.41. The first kappa shape index (κ1) is 15.8. The van der Waals surface area contributed by atoms with Crippen LogP contribution in [0.15, 0.2) is 23.2 Å². The van der Waals surface area contributed by atoms with Gasteiger partial charge in [-0.05, 0) is 12.5 Å². The molecule has 1 heterocycles. The van der Waals surface area contributed by atoms with Gasteiger partial charge in [0.15, 0.2) is 0 Å². The van der Waals surface area contributed by atoms with Gasteiger partial charge >= 0.3 is 0 Å². The van der Waals surface area contributed by atoms with Gasteiger partial charge in [-0.25, -0.2) is 4.99 Å². The lowest BCUT2D eigenvalue weighted by molar-refractivity contribution is -0.206. The summed E-state index contributed by atoms with van der Waals surface area (Å²) in [6.07, 6.45) is 4.66. The molecule has 1 aromatic rings. The predicted octanol–water partition coefficient (Wildman–Crippen LogP) is 2.77. The second kappa shape index (κ2) is 6.91. The molecule has 0 unspecified atom stereocenters. The number of fused-ring (bicyclic) bond motifs is 1. The standard InChI is InChI=1S/C16H24N2O3/c1-4-5-6-7-11-21-13-10-8-9-12-14(13)15(17)18-16(12,19-2)20-3/h8-10H,4-7,11H2,1-3H3,(H2,17,18). The normalized spacial score (nSPS) is 15.7. The van der Waals surface area contributed by atoms with Crippen LogP contribution in [0.2, 0.25) is 0 Å². The molecule has 0 saturated heterocycles. The summed E-state index contributed by atoms with van der Waals surface area (Å²) < 4.78 is 16.7. The number of amidine groups is 1. The minimum Gasteiger partial charge on any atom is -0.493 e. The number of benzene rings is 1. The van der Waals surface area contributed by atoms with Gasteiger partial charge in [0.1, 0.15) is 11.6 Å². The molecule has 0 saturated carbocycles. The molecule has 0 atom stereocenters. The third-order valence-corrected chi connectivity index (χ3v) is 3.70. The van der Waals surface area contributed by atoms with Crippen LogP contribution in [-0.4, -0.2) is 26.7 Å². The lowest BCUT2D eigenvalue weighted by Gasteiger charge is -2.23. The van der Waals surface area contributed by atoms with E-state index in [4.69, 9.17) is 19.9 Å². The smallest absolute Gasteiger partial charge is 0.300 e. The molecule has 1 aliphatic heterocycles. The van der Waals surface area contributed by atoms with Gasteiger partial charge in [0.25, 0.3) is 5.91 Å². The highest BCUT2D eigenvalue weighted by Crippen LogP contribution is 2.39. The van der Waals surface area contributed by atoms with Crippen LogP contribution in [0.3, 0.4) is 0 Å². The number of methoxy groups -OCH3 is 2. The lowest BCUT2D eigenvalue weighted by Crippen LogP contribution is -2.26.